The van der Waals surface area contributed by atoms with E-state index >= 15 is 0 Å². The van der Waals surface area contributed by atoms with Gasteiger partial charge >= 0.3 is 0 Å². The number of nitrogens with two attached hydrogens (primary N) is 1. The summed E-state index contributed by atoms with van der Waals surface area (Å²) in [5, 5.41) is 12.4. The van der Waals surface area contributed by atoms with E-state index in [2.05, 4.69) is 10.00 Å². The van der Waals surface area contributed by atoms with Crippen LogP contribution in [0.2, 0.25) is 5.15 Å². The summed E-state index contributed by atoms with van der Waals surface area (Å²) in [5.74, 6) is 0.0775. The van der Waals surface area contributed by atoms with E-state index in [1.165, 1.54) is 0 Å². The van der Waals surface area contributed by atoms with Crippen LogP contribution in [0.3, 0.4) is 0 Å². The number of nitrogens with zero attached hydrogens (tertiary/aromatic N) is 3. The van der Waals surface area contributed by atoms with Crippen molar-refractivity contribution in [1.82, 2.24) is 14.7 Å². The van der Waals surface area contributed by atoms with Gasteiger partial charge in [-0.1, -0.05) is 11.6 Å². The van der Waals surface area contributed by atoms with Crippen molar-refractivity contribution in [2.24, 2.45) is 12.8 Å². The van der Waals surface area contributed by atoms with Crippen molar-refractivity contribution in [2.45, 2.75) is 19.6 Å². The van der Waals surface area contributed by atoms with E-state index in [4.69, 9.17) is 27.5 Å². The molecule has 1 fully saturated rings. The van der Waals surface area contributed by atoms with E-state index in [1.54, 1.807) is 4.68 Å². The van der Waals surface area contributed by atoms with Crippen molar-refractivity contribution < 1.29 is 4.74 Å². The highest BCUT2D eigenvalue weighted by molar-refractivity contribution is 6.30. The molecule has 2 heterocycles. The highest BCUT2D eigenvalue weighted by Crippen LogP contribution is 2.21. The van der Waals surface area contributed by atoms with Crippen LogP contribution in [0.15, 0.2) is 0 Å². The Balaban J connectivity index is 2.07. The topological polar surface area (TPSA) is 80.2 Å². The fourth-order valence-electron chi connectivity index (χ4n) is 2.11. The summed E-state index contributed by atoms with van der Waals surface area (Å²) in [4.78, 5) is 2.19. The summed E-state index contributed by atoms with van der Waals surface area (Å²) in [6.45, 7) is 4.69. The number of ether oxygens (including phenoxy) is 1. The van der Waals surface area contributed by atoms with Crippen molar-refractivity contribution in [1.29, 1.82) is 5.41 Å². The maximum Gasteiger partial charge on any atom is 0.131 e. The lowest BCUT2D eigenvalue weighted by Gasteiger charge is -2.32. The number of hydrogen-bond acceptors (Lipinski definition) is 4. The molecule has 7 heteroatoms. The Morgan fingerprint density at radius 1 is 1.67 bits per heavy atom. The van der Waals surface area contributed by atoms with Gasteiger partial charge in [0.15, 0.2) is 0 Å². The quantitative estimate of drug-likeness (QED) is 0.620. The summed E-state index contributed by atoms with van der Waals surface area (Å²) in [7, 11) is 1.83. The van der Waals surface area contributed by atoms with Gasteiger partial charge in [0.05, 0.1) is 12.3 Å². The molecule has 0 amide bonds. The second-order valence-corrected chi connectivity index (χ2v) is 4.89. The molecular formula is C11H18ClN5O. The van der Waals surface area contributed by atoms with Crippen LogP contribution in [-0.2, 0) is 18.3 Å². The molecule has 1 atom stereocenters. The Morgan fingerprint density at radius 3 is 2.94 bits per heavy atom. The van der Waals surface area contributed by atoms with Gasteiger partial charge in [0.1, 0.15) is 17.1 Å². The van der Waals surface area contributed by atoms with Gasteiger partial charge in [-0.2, -0.15) is 5.10 Å². The van der Waals surface area contributed by atoms with E-state index in [9.17, 15) is 0 Å². The molecule has 2 rings (SSSR count). The van der Waals surface area contributed by atoms with E-state index < -0.39 is 0 Å². The molecule has 100 valence electrons. The number of aryl methyl sites for hydroxylation is 2. The van der Waals surface area contributed by atoms with Crippen LogP contribution >= 0.6 is 11.6 Å². The molecule has 18 heavy (non-hydrogen) atoms. The number of halogens is 1. The fraction of sp³-hybridized carbons (Fsp3) is 0.636. The average Bonchev–Trinajstić information content (AvgIpc) is 2.56. The van der Waals surface area contributed by atoms with E-state index in [0.717, 1.165) is 17.8 Å². The third-order valence-corrected chi connectivity index (χ3v) is 3.62. The number of morpholine rings is 1. The number of rotatable bonds is 3. The molecule has 0 aromatic carbocycles. The van der Waals surface area contributed by atoms with Crippen LogP contribution in [0.5, 0.6) is 0 Å². The molecule has 6 nitrogen and oxygen atoms in total. The summed E-state index contributed by atoms with van der Waals surface area (Å²) < 4.78 is 7.10. The lowest BCUT2D eigenvalue weighted by Crippen LogP contribution is -2.47. The number of amidine groups is 1. The molecule has 1 aromatic heterocycles. The maximum absolute atomic E-state index is 7.43. The molecular weight excluding hydrogens is 254 g/mol. The first-order chi connectivity index (χ1) is 8.49. The largest absolute Gasteiger partial charge is 0.385 e. The van der Waals surface area contributed by atoms with E-state index in [1.807, 2.05) is 14.0 Å². The average molecular weight is 272 g/mol. The minimum absolute atomic E-state index is 0.0775. The molecule has 1 unspecified atom stereocenters. The predicted molar refractivity (Wildman–Crippen MR) is 69.9 cm³/mol. The number of hydrogen-bond donors (Lipinski definition) is 2. The molecule has 1 aliphatic rings. The predicted octanol–water partition coefficient (Wildman–Crippen LogP) is 0.519. The highest BCUT2D eigenvalue weighted by atomic mass is 35.5. The molecule has 0 bridgehead atoms. The molecule has 1 aliphatic heterocycles. The van der Waals surface area contributed by atoms with Crippen molar-refractivity contribution in [3.63, 3.8) is 0 Å². The van der Waals surface area contributed by atoms with Gasteiger partial charge in [-0.25, -0.2) is 0 Å². The SMILES string of the molecule is Cc1nn(C)c(Cl)c1CN1CCOC(C(=N)N)C1. The summed E-state index contributed by atoms with van der Waals surface area (Å²) in [6.07, 6.45) is -0.311. The normalized spacial score (nSPS) is 21.2. The summed E-state index contributed by atoms with van der Waals surface area (Å²) in [6, 6.07) is 0. The number of nitrogens with one attached hydrogen (secondary N) is 1. The third-order valence-electron chi connectivity index (χ3n) is 3.15. The van der Waals surface area contributed by atoms with Crippen LogP contribution < -0.4 is 5.73 Å². The van der Waals surface area contributed by atoms with Gasteiger partial charge in [-0.05, 0) is 6.92 Å². The minimum Gasteiger partial charge on any atom is -0.385 e. The Hall–Kier alpha value is -1.11. The zero-order valence-corrected chi connectivity index (χ0v) is 11.4. The van der Waals surface area contributed by atoms with Gasteiger partial charge < -0.3 is 10.5 Å². The van der Waals surface area contributed by atoms with Gasteiger partial charge in [0, 0.05) is 32.2 Å². The Bertz CT molecular complexity index is 459. The Kier molecular flexibility index (Phi) is 3.89. The molecule has 3 N–H and O–H groups in total. The highest BCUT2D eigenvalue weighted by Gasteiger charge is 2.24. The Labute approximate surface area is 111 Å². The molecule has 1 aromatic rings. The zero-order chi connectivity index (χ0) is 13.3. The van der Waals surface area contributed by atoms with E-state index in [0.29, 0.717) is 24.8 Å². The lowest BCUT2D eigenvalue weighted by molar-refractivity contribution is 0.00230. The molecule has 1 saturated heterocycles. The van der Waals surface area contributed by atoms with Crippen LogP contribution in [-0.4, -0.2) is 46.3 Å². The van der Waals surface area contributed by atoms with E-state index in [-0.39, 0.29) is 11.9 Å². The molecule has 0 aliphatic carbocycles. The van der Waals surface area contributed by atoms with Crippen molar-refractivity contribution in [3.05, 3.63) is 16.4 Å². The first-order valence-electron chi connectivity index (χ1n) is 5.85. The van der Waals surface area contributed by atoms with Crippen molar-refractivity contribution in [2.75, 3.05) is 19.7 Å². The van der Waals surface area contributed by atoms with Gasteiger partial charge in [0.2, 0.25) is 0 Å². The monoisotopic (exact) mass is 271 g/mol. The molecule has 0 radical (unpaired) electrons. The maximum atomic E-state index is 7.43. The zero-order valence-electron chi connectivity index (χ0n) is 10.6. The van der Waals surface area contributed by atoms with Gasteiger partial charge in [-0.3, -0.25) is 15.0 Å². The van der Waals surface area contributed by atoms with Crippen molar-refractivity contribution in [3.8, 4) is 0 Å². The van der Waals surface area contributed by atoms with Crippen LogP contribution in [0, 0.1) is 12.3 Å². The second-order valence-electron chi connectivity index (χ2n) is 4.53. The lowest BCUT2D eigenvalue weighted by atomic mass is 10.2. The Morgan fingerprint density at radius 2 is 2.39 bits per heavy atom. The smallest absolute Gasteiger partial charge is 0.131 e. The third kappa shape index (κ3) is 2.66. The minimum atomic E-state index is -0.311. The van der Waals surface area contributed by atoms with Crippen LogP contribution in [0.1, 0.15) is 11.3 Å². The molecule has 0 spiro atoms. The summed E-state index contributed by atoms with van der Waals surface area (Å²) >= 11 is 6.21. The summed E-state index contributed by atoms with van der Waals surface area (Å²) in [5.41, 5.74) is 7.44. The van der Waals surface area contributed by atoms with Crippen LogP contribution in [0.4, 0.5) is 0 Å². The van der Waals surface area contributed by atoms with Crippen LogP contribution in [0.25, 0.3) is 0 Å². The first-order valence-corrected chi connectivity index (χ1v) is 6.22. The molecule has 0 saturated carbocycles. The van der Waals surface area contributed by atoms with Crippen molar-refractivity contribution >= 4 is 17.4 Å². The second kappa shape index (κ2) is 5.26. The van der Waals surface area contributed by atoms with Gasteiger partial charge in [-0.15, -0.1) is 0 Å². The standard InChI is InChI=1S/C11H18ClN5O/c1-7-8(10(12)16(2)15-7)5-17-3-4-18-9(6-17)11(13)14/h9H,3-6H2,1-2H3,(H3,13,14). The fourth-order valence-corrected chi connectivity index (χ4v) is 2.35. The number of aromatic nitrogens is 2. The first kappa shape index (κ1) is 13.3. The van der Waals surface area contributed by atoms with Gasteiger partial charge in [0.25, 0.3) is 0 Å².